The molecule has 2 aliphatic rings. The zero-order chi connectivity index (χ0) is 13.0. The predicted molar refractivity (Wildman–Crippen MR) is 69.6 cm³/mol. The monoisotopic (exact) mass is 255 g/mol. The first-order chi connectivity index (χ1) is 8.72. The molecule has 0 bridgehead atoms. The number of carbonyl (C=O) groups is 1. The van der Waals surface area contributed by atoms with Gasteiger partial charge in [0, 0.05) is 12.6 Å². The van der Waals surface area contributed by atoms with Crippen LogP contribution >= 0.6 is 0 Å². The van der Waals surface area contributed by atoms with Gasteiger partial charge in [-0.25, -0.2) is 0 Å². The molecule has 2 atom stereocenters. The molecule has 0 aromatic heterocycles. The van der Waals surface area contributed by atoms with E-state index in [0.717, 1.165) is 19.0 Å². The Bertz CT molecular complexity index is 276. The molecule has 1 aliphatic heterocycles. The minimum atomic E-state index is -0.709. The normalized spacial score (nSPS) is 29.9. The van der Waals surface area contributed by atoms with Crippen LogP contribution in [0.15, 0.2) is 0 Å². The summed E-state index contributed by atoms with van der Waals surface area (Å²) < 4.78 is 5.38. The molecule has 18 heavy (non-hydrogen) atoms. The SMILES string of the molecule is CCN(CC1CCCCC1)C1COCC1C(=O)O. The highest BCUT2D eigenvalue weighted by Gasteiger charge is 2.38. The first kappa shape index (κ1) is 13.8. The number of likely N-dealkylation sites (N-methyl/N-ethyl adjacent to an activating group) is 1. The summed E-state index contributed by atoms with van der Waals surface area (Å²) in [5, 5.41) is 9.23. The van der Waals surface area contributed by atoms with E-state index in [2.05, 4.69) is 11.8 Å². The van der Waals surface area contributed by atoms with Crippen LogP contribution in [0.25, 0.3) is 0 Å². The van der Waals surface area contributed by atoms with Gasteiger partial charge in [0.15, 0.2) is 0 Å². The standard InChI is InChI=1S/C14H25NO3/c1-2-15(8-11-6-4-3-5-7-11)13-10-18-9-12(13)14(16)17/h11-13H,2-10H2,1H3,(H,16,17). The van der Waals surface area contributed by atoms with Crippen LogP contribution in [-0.2, 0) is 9.53 Å². The molecular formula is C14H25NO3. The van der Waals surface area contributed by atoms with Crippen LogP contribution < -0.4 is 0 Å². The highest BCUT2D eigenvalue weighted by Crippen LogP contribution is 2.27. The molecule has 0 aromatic rings. The zero-order valence-electron chi connectivity index (χ0n) is 11.3. The second kappa shape index (κ2) is 6.53. The largest absolute Gasteiger partial charge is 0.481 e. The van der Waals surface area contributed by atoms with E-state index in [1.54, 1.807) is 0 Å². The third kappa shape index (κ3) is 3.23. The van der Waals surface area contributed by atoms with Crippen molar-refractivity contribution in [1.82, 2.24) is 4.90 Å². The third-order valence-electron chi connectivity index (χ3n) is 4.46. The van der Waals surface area contributed by atoms with Crippen LogP contribution in [0.3, 0.4) is 0 Å². The van der Waals surface area contributed by atoms with E-state index in [1.165, 1.54) is 32.1 Å². The van der Waals surface area contributed by atoms with Crippen molar-refractivity contribution in [3.8, 4) is 0 Å². The molecule has 2 unspecified atom stereocenters. The molecule has 0 spiro atoms. The molecule has 0 radical (unpaired) electrons. The van der Waals surface area contributed by atoms with Gasteiger partial charge in [0.2, 0.25) is 0 Å². The summed E-state index contributed by atoms with van der Waals surface area (Å²) >= 11 is 0. The summed E-state index contributed by atoms with van der Waals surface area (Å²) in [5.74, 6) is -0.290. The average molecular weight is 255 g/mol. The Kier molecular flexibility index (Phi) is 5.01. The first-order valence-electron chi connectivity index (χ1n) is 7.27. The third-order valence-corrected chi connectivity index (χ3v) is 4.46. The molecule has 1 aliphatic carbocycles. The summed E-state index contributed by atoms with van der Waals surface area (Å²) in [6, 6.07) is 0.0782. The van der Waals surface area contributed by atoms with Gasteiger partial charge >= 0.3 is 5.97 Å². The van der Waals surface area contributed by atoms with E-state index in [0.29, 0.717) is 13.2 Å². The van der Waals surface area contributed by atoms with E-state index in [9.17, 15) is 9.90 Å². The van der Waals surface area contributed by atoms with Crippen LogP contribution in [-0.4, -0.2) is 48.3 Å². The maximum atomic E-state index is 11.2. The zero-order valence-corrected chi connectivity index (χ0v) is 11.3. The second-order valence-corrected chi connectivity index (χ2v) is 5.64. The molecule has 1 saturated carbocycles. The van der Waals surface area contributed by atoms with Crippen LogP contribution in [0.1, 0.15) is 39.0 Å². The summed E-state index contributed by atoms with van der Waals surface area (Å²) in [4.78, 5) is 13.6. The van der Waals surface area contributed by atoms with E-state index >= 15 is 0 Å². The fraction of sp³-hybridized carbons (Fsp3) is 0.929. The number of carboxylic acid groups (broad SMARTS) is 1. The van der Waals surface area contributed by atoms with Crippen molar-refractivity contribution in [2.75, 3.05) is 26.3 Å². The summed E-state index contributed by atoms with van der Waals surface area (Å²) in [5.41, 5.74) is 0. The molecule has 1 heterocycles. The lowest BCUT2D eigenvalue weighted by Gasteiger charge is -2.34. The van der Waals surface area contributed by atoms with Crippen molar-refractivity contribution >= 4 is 5.97 Å². The second-order valence-electron chi connectivity index (χ2n) is 5.64. The lowest BCUT2D eigenvalue weighted by Crippen LogP contribution is -2.45. The number of carboxylic acids is 1. The minimum absolute atomic E-state index is 0.0782. The van der Waals surface area contributed by atoms with Crippen LogP contribution in [0.4, 0.5) is 0 Å². The van der Waals surface area contributed by atoms with Gasteiger partial charge in [0.05, 0.1) is 19.1 Å². The Morgan fingerprint density at radius 2 is 2.00 bits per heavy atom. The molecule has 1 N–H and O–H groups in total. The Morgan fingerprint density at radius 3 is 2.61 bits per heavy atom. The maximum Gasteiger partial charge on any atom is 0.310 e. The number of hydrogen-bond donors (Lipinski definition) is 1. The smallest absolute Gasteiger partial charge is 0.310 e. The van der Waals surface area contributed by atoms with E-state index in [4.69, 9.17) is 4.74 Å². The van der Waals surface area contributed by atoms with E-state index in [-0.39, 0.29) is 12.0 Å². The van der Waals surface area contributed by atoms with Gasteiger partial charge in [-0.15, -0.1) is 0 Å². The van der Waals surface area contributed by atoms with Crippen molar-refractivity contribution < 1.29 is 14.6 Å². The number of aliphatic carboxylic acids is 1. The molecule has 2 rings (SSSR count). The van der Waals surface area contributed by atoms with Gasteiger partial charge in [-0.2, -0.15) is 0 Å². The fourth-order valence-corrected chi connectivity index (χ4v) is 3.34. The highest BCUT2D eigenvalue weighted by atomic mass is 16.5. The maximum absolute atomic E-state index is 11.2. The van der Waals surface area contributed by atoms with Gasteiger partial charge in [0.25, 0.3) is 0 Å². The number of ether oxygens (including phenoxy) is 1. The number of nitrogens with zero attached hydrogens (tertiary/aromatic N) is 1. The Morgan fingerprint density at radius 1 is 1.28 bits per heavy atom. The quantitative estimate of drug-likeness (QED) is 0.816. The predicted octanol–water partition coefficient (Wildman–Crippen LogP) is 1.99. The van der Waals surface area contributed by atoms with Crippen molar-refractivity contribution in [2.24, 2.45) is 11.8 Å². The lowest BCUT2D eigenvalue weighted by atomic mass is 9.88. The molecule has 2 fully saturated rings. The molecular weight excluding hydrogens is 230 g/mol. The summed E-state index contributed by atoms with van der Waals surface area (Å²) in [6.45, 7) is 5.06. The van der Waals surface area contributed by atoms with Gasteiger partial charge in [-0.1, -0.05) is 26.2 Å². The molecule has 104 valence electrons. The molecule has 1 saturated heterocycles. The number of rotatable bonds is 5. The topological polar surface area (TPSA) is 49.8 Å². The number of hydrogen-bond acceptors (Lipinski definition) is 3. The van der Waals surface area contributed by atoms with E-state index < -0.39 is 5.97 Å². The lowest BCUT2D eigenvalue weighted by molar-refractivity contribution is -0.143. The van der Waals surface area contributed by atoms with E-state index in [1.807, 2.05) is 0 Å². The highest BCUT2D eigenvalue weighted by molar-refractivity contribution is 5.71. The van der Waals surface area contributed by atoms with Crippen molar-refractivity contribution in [2.45, 2.75) is 45.1 Å². The first-order valence-corrected chi connectivity index (χ1v) is 7.27. The fourth-order valence-electron chi connectivity index (χ4n) is 3.34. The Hall–Kier alpha value is -0.610. The van der Waals surface area contributed by atoms with Gasteiger partial charge < -0.3 is 9.84 Å². The van der Waals surface area contributed by atoms with Gasteiger partial charge in [-0.3, -0.25) is 9.69 Å². The van der Waals surface area contributed by atoms with Crippen LogP contribution in [0.2, 0.25) is 0 Å². The summed E-state index contributed by atoms with van der Waals surface area (Å²) in [6.07, 6.45) is 6.66. The molecule has 0 aromatic carbocycles. The average Bonchev–Trinajstić information content (AvgIpc) is 2.86. The van der Waals surface area contributed by atoms with Gasteiger partial charge in [0.1, 0.15) is 0 Å². The Balaban J connectivity index is 1.92. The van der Waals surface area contributed by atoms with Crippen molar-refractivity contribution in [3.63, 3.8) is 0 Å². The van der Waals surface area contributed by atoms with Crippen molar-refractivity contribution in [3.05, 3.63) is 0 Å². The van der Waals surface area contributed by atoms with Crippen LogP contribution in [0.5, 0.6) is 0 Å². The molecule has 4 heteroatoms. The molecule has 0 amide bonds. The molecule has 4 nitrogen and oxygen atoms in total. The summed E-state index contributed by atoms with van der Waals surface area (Å²) in [7, 11) is 0. The minimum Gasteiger partial charge on any atom is -0.481 e. The van der Waals surface area contributed by atoms with Gasteiger partial charge in [-0.05, 0) is 25.3 Å². The van der Waals surface area contributed by atoms with Crippen LogP contribution in [0, 0.1) is 11.8 Å². The van der Waals surface area contributed by atoms with Crippen molar-refractivity contribution in [1.29, 1.82) is 0 Å². The Labute approximate surface area is 109 Å².